The van der Waals surface area contributed by atoms with Crippen LogP contribution in [0, 0.1) is 5.82 Å². The van der Waals surface area contributed by atoms with Gasteiger partial charge in [-0.2, -0.15) is 0 Å². The van der Waals surface area contributed by atoms with Gasteiger partial charge in [0.25, 0.3) is 5.91 Å². The van der Waals surface area contributed by atoms with Crippen LogP contribution in [0.1, 0.15) is 10.4 Å². The minimum atomic E-state index is -0.532. The molecule has 2 amide bonds. The van der Waals surface area contributed by atoms with E-state index in [4.69, 9.17) is 16.3 Å². The second-order valence-electron chi connectivity index (χ2n) is 5.07. The van der Waals surface area contributed by atoms with E-state index >= 15 is 0 Å². The fourth-order valence-electron chi connectivity index (χ4n) is 2.06. The number of nitrogens with one attached hydrogen (secondary N) is 1. The van der Waals surface area contributed by atoms with Gasteiger partial charge in [0.15, 0.2) is 0 Å². The molecule has 0 heterocycles. The molecular weight excluding hydrogens is 335 g/mol. The van der Waals surface area contributed by atoms with Gasteiger partial charge >= 0.3 is 0 Å². The standard InChI is InChI=1S/C17H16ClFN2O3/c1-21(17(23)14-7-6-11(19)8-15(14)18)10-16(22)20-12-4-3-5-13(9-12)24-2/h3-9H,10H2,1-2H3,(H,20,22). The Balaban J connectivity index is 2.01. The number of likely N-dealkylation sites (N-methyl/N-ethyl adjacent to an activating group) is 1. The molecule has 0 saturated carbocycles. The van der Waals surface area contributed by atoms with Crippen molar-refractivity contribution >= 4 is 29.1 Å². The number of halogens is 2. The normalized spacial score (nSPS) is 10.2. The Kier molecular flexibility index (Phi) is 5.76. The molecule has 7 heteroatoms. The van der Waals surface area contributed by atoms with Crippen molar-refractivity contribution in [1.29, 1.82) is 0 Å². The molecule has 0 aliphatic carbocycles. The Morgan fingerprint density at radius 2 is 2.00 bits per heavy atom. The van der Waals surface area contributed by atoms with Crippen LogP contribution in [0.25, 0.3) is 0 Å². The van der Waals surface area contributed by atoms with E-state index in [2.05, 4.69) is 5.32 Å². The van der Waals surface area contributed by atoms with Gasteiger partial charge < -0.3 is 15.0 Å². The zero-order valence-corrected chi connectivity index (χ0v) is 13.9. The highest BCUT2D eigenvalue weighted by molar-refractivity contribution is 6.33. The summed E-state index contributed by atoms with van der Waals surface area (Å²) in [5, 5.41) is 2.67. The summed E-state index contributed by atoms with van der Waals surface area (Å²) < 4.78 is 18.1. The number of hydrogen-bond acceptors (Lipinski definition) is 3. The van der Waals surface area contributed by atoms with Crippen LogP contribution in [-0.4, -0.2) is 37.4 Å². The molecule has 0 unspecified atom stereocenters. The lowest BCUT2D eigenvalue weighted by Gasteiger charge is -2.17. The molecule has 0 spiro atoms. The van der Waals surface area contributed by atoms with Crippen molar-refractivity contribution in [3.05, 3.63) is 58.9 Å². The van der Waals surface area contributed by atoms with Crippen LogP contribution in [0.3, 0.4) is 0 Å². The summed E-state index contributed by atoms with van der Waals surface area (Å²) in [7, 11) is 2.99. The fraction of sp³-hybridized carbons (Fsp3) is 0.176. The van der Waals surface area contributed by atoms with Crippen molar-refractivity contribution < 1.29 is 18.7 Å². The smallest absolute Gasteiger partial charge is 0.255 e. The van der Waals surface area contributed by atoms with Crippen molar-refractivity contribution in [1.82, 2.24) is 4.90 Å². The Hall–Kier alpha value is -2.60. The van der Waals surface area contributed by atoms with E-state index in [1.807, 2.05) is 0 Å². The lowest BCUT2D eigenvalue weighted by Crippen LogP contribution is -2.35. The average Bonchev–Trinajstić information content (AvgIpc) is 2.54. The van der Waals surface area contributed by atoms with E-state index < -0.39 is 11.7 Å². The second kappa shape index (κ2) is 7.79. The van der Waals surface area contributed by atoms with Gasteiger partial charge in [0, 0.05) is 18.8 Å². The summed E-state index contributed by atoms with van der Waals surface area (Å²) in [6.07, 6.45) is 0. The van der Waals surface area contributed by atoms with Crippen molar-refractivity contribution in [2.45, 2.75) is 0 Å². The Morgan fingerprint density at radius 3 is 2.67 bits per heavy atom. The molecule has 0 aliphatic rings. The number of amides is 2. The van der Waals surface area contributed by atoms with Crippen LogP contribution < -0.4 is 10.1 Å². The number of nitrogens with zero attached hydrogens (tertiary/aromatic N) is 1. The largest absolute Gasteiger partial charge is 0.497 e. The first-order chi connectivity index (χ1) is 11.4. The van der Waals surface area contributed by atoms with Gasteiger partial charge in [-0.15, -0.1) is 0 Å². The van der Waals surface area contributed by atoms with E-state index in [1.165, 1.54) is 25.1 Å². The molecule has 24 heavy (non-hydrogen) atoms. The minimum Gasteiger partial charge on any atom is -0.497 e. The first kappa shape index (κ1) is 17.7. The SMILES string of the molecule is COc1cccc(NC(=O)CN(C)C(=O)c2ccc(F)cc2Cl)c1. The van der Waals surface area contributed by atoms with Gasteiger partial charge in [-0.3, -0.25) is 9.59 Å². The molecule has 2 rings (SSSR count). The highest BCUT2D eigenvalue weighted by Crippen LogP contribution is 2.19. The predicted molar refractivity (Wildman–Crippen MR) is 90.0 cm³/mol. The maximum Gasteiger partial charge on any atom is 0.255 e. The van der Waals surface area contributed by atoms with Crippen LogP contribution >= 0.6 is 11.6 Å². The first-order valence-electron chi connectivity index (χ1n) is 7.05. The topological polar surface area (TPSA) is 58.6 Å². The third-order valence-corrected chi connectivity index (χ3v) is 3.56. The molecule has 5 nitrogen and oxygen atoms in total. The molecule has 0 fully saturated rings. The first-order valence-corrected chi connectivity index (χ1v) is 7.43. The summed E-state index contributed by atoms with van der Waals surface area (Å²) in [4.78, 5) is 25.5. The molecule has 0 aromatic heterocycles. The molecule has 0 radical (unpaired) electrons. The maximum absolute atomic E-state index is 13.0. The minimum absolute atomic E-state index is 0.0000499. The van der Waals surface area contributed by atoms with E-state index in [9.17, 15) is 14.0 Å². The summed E-state index contributed by atoms with van der Waals surface area (Å²) in [6.45, 7) is -0.177. The molecule has 0 bridgehead atoms. The molecular formula is C17H16ClFN2O3. The van der Waals surface area contributed by atoms with Crippen molar-refractivity contribution in [3.8, 4) is 5.75 Å². The number of carbonyl (C=O) groups excluding carboxylic acids is 2. The highest BCUT2D eigenvalue weighted by Gasteiger charge is 2.18. The number of rotatable bonds is 5. The van der Waals surface area contributed by atoms with Crippen molar-refractivity contribution in [2.75, 3.05) is 26.0 Å². The molecule has 2 aromatic rings. The van der Waals surface area contributed by atoms with Gasteiger partial charge in [0.2, 0.25) is 5.91 Å². The Labute approximate surface area is 144 Å². The lowest BCUT2D eigenvalue weighted by atomic mass is 10.2. The van der Waals surface area contributed by atoms with E-state index in [1.54, 1.807) is 24.3 Å². The number of carbonyl (C=O) groups is 2. The summed E-state index contributed by atoms with van der Waals surface area (Å²) >= 11 is 5.87. The van der Waals surface area contributed by atoms with E-state index in [0.29, 0.717) is 11.4 Å². The Bertz CT molecular complexity index is 767. The third-order valence-electron chi connectivity index (χ3n) is 3.24. The quantitative estimate of drug-likeness (QED) is 0.900. The van der Waals surface area contributed by atoms with Gasteiger partial charge in [0.1, 0.15) is 11.6 Å². The lowest BCUT2D eigenvalue weighted by molar-refractivity contribution is -0.116. The molecule has 126 valence electrons. The van der Waals surface area contributed by atoms with Gasteiger partial charge in [-0.25, -0.2) is 4.39 Å². The second-order valence-corrected chi connectivity index (χ2v) is 5.47. The van der Waals surface area contributed by atoms with Crippen LogP contribution in [0.5, 0.6) is 5.75 Å². The van der Waals surface area contributed by atoms with E-state index in [-0.39, 0.29) is 23.0 Å². The summed E-state index contributed by atoms with van der Waals surface area (Å²) in [5.41, 5.74) is 0.690. The van der Waals surface area contributed by atoms with Crippen LogP contribution in [0.2, 0.25) is 5.02 Å². The number of ether oxygens (including phenoxy) is 1. The van der Waals surface area contributed by atoms with Gasteiger partial charge in [0.05, 0.1) is 24.2 Å². The number of anilines is 1. The molecule has 0 saturated heterocycles. The maximum atomic E-state index is 13.0. The summed E-state index contributed by atoms with van der Waals surface area (Å²) in [5.74, 6) is -0.775. The van der Waals surface area contributed by atoms with Crippen LogP contribution in [0.15, 0.2) is 42.5 Å². The Morgan fingerprint density at radius 1 is 1.25 bits per heavy atom. The number of hydrogen-bond donors (Lipinski definition) is 1. The number of benzene rings is 2. The van der Waals surface area contributed by atoms with Gasteiger partial charge in [-0.1, -0.05) is 17.7 Å². The predicted octanol–water partition coefficient (Wildman–Crippen LogP) is 3.20. The number of methoxy groups -OCH3 is 1. The van der Waals surface area contributed by atoms with Crippen LogP contribution in [0.4, 0.5) is 10.1 Å². The monoisotopic (exact) mass is 350 g/mol. The molecule has 0 aliphatic heterocycles. The fourth-order valence-corrected chi connectivity index (χ4v) is 2.31. The average molecular weight is 351 g/mol. The van der Waals surface area contributed by atoms with Crippen LogP contribution in [-0.2, 0) is 4.79 Å². The zero-order valence-electron chi connectivity index (χ0n) is 13.2. The summed E-state index contributed by atoms with van der Waals surface area (Å²) in [6, 6.07) is 10.3. The van der Waals surface area contributed by atoms with Gasteiger partial charge in [-0.05, 0) is 30.3 Å². The van der Waals surface area contributed by atoms with Crippen molar-refractivity contribution in [2.24, 2.45) is 0 Å². The van der Waals surface area contributed by atoms with Crippen molar-refractivity contribution in [3.63, 3.8) is 0 Å². The highest BCUT2D eigenvalue weighted by atomic mass is 35.5. The third kappa shape index (κ3) is 4.45. The molecule has 1 N–H and O–H groups in total. The molecule has 2 aromatic carbocycles. The molecule has 0 atom stereocenters. The van der Waals surface area contributed by atoms with E-state index in [0.717, 1.165) is 12.1 Å². The zero-order chi connectivity index (χ0) is 17.7.